The molecule has 1 atom stereocenters. The fraction of sp³-hybridized carbons (Fsp3) is 0.364. The molecule has 0 heterocycles. The van der Waals surface area contributed by atoms with Crippen molar-refractivity contribution in [1.82, 2.24) is 5.32 Å². The molecule has 0 aliphatic rings. The van der Waals surface area contributed by atoms with E-state index in [0.717, 1.165) is 5.56 Å². The molecule has 0 saturated carbocycles. The number of hydrogen-bond acceptors (Lipinski definition) is 1. The summed E-state index contributed by atoms with van der Waals surface area (Å²) in [5, 5.41) is 2.19. The van der Waals surface area contributed by atoms with Gasteiger partial charge in [0.2, 0.25) is 0 Å². The van der Waals surface area contributed by atoms with Gasteiger partial charge in [-0.3, -0.25) is 4.79 Å². The van der Waals surface area contributed by atoms with E-state index < -0.39 is 12.3 Å². The van der Waals surface area contributed by atoms with Crippen molar-refractivity contribution in [1.29, 1.82) is 0 Å². The molecule has 1 rings (SSSR count). The van der Waals surface area contributed by atoms with Crippen LogP contribution in [0.4, 0.5) is 8.78 Å². The largest absolute Gasteiger partial charge is 0.351 e. The van der Waals surface area contributed by atoms with Gasteiger partial charge in [-0.05, 0) is 11.5 Å². The predicted octanol–water partition coefficient (Wildman–Crippen LogP) is 2.17. The van der Waals surface area contributed by atoms with Crippen LogP contribution in [0, 0.1) is 0 Å². The lowest BCUT2D eigenvalue weighted by molar-refractivity contribution is -0.131. The Bertz CT molecular complexity index is 314. The Labute approximate surface area is 87.3 Å². The topological polar surface area (TPSA) is 29.1 Å². The fourth-order valence-electron chi connectivity index (χ4n) is 1.23. The van der Waals surface area contributed by atoms with Crippen molar-refractivity contribution in [2.45, 2.75) is 19.3 Å². The first-order valence-corrected chi connectivity index (χ1v) is 4.72. The summed E-state index contributed by atoms with van der Waals surface area (Å²) in [7, 11) is 0. The van der Waals surface area contributed by atoms with Crippen molar-refractivity contribution in [3.8, 4) is 0 Å². The van der Waals surface area contributed by atoms with Crippen molar-refractivity contribution in [3.05, 3.63) is 35.9 Å². The van der Waals surface area contributed by atoms with E-state index >= 15 is 0 Å². The first-order chi connectivity index (χ1) is 7.11. The number of benzene rings is 1. The van der Waals surface area contributed by atoms with E-state index in [1.54, 1.807) is 0 Å². The summed E-state index contributed by atoms with van der Waals surface area (Å²) in [5.74, 6) is -1.17. The van der Waals surface area contributed by atoms with Crippen LogP contribution >= 0.6 is 0 Å². The molecule has 0 radical (unpaired) electrons. The average molecular weight is 213 g/mol. The first kappa shape index (κ1) is 11.6. The summed E-state index contributed by atoms with van der Waals surface area (Å²) >= 11 is 0. The van der Waals surface area contributed by atoms with Gasteiger partial charge in [0.1, 0.15) is 0 Å². The molecule has 82 valence electrons. The van der Waals surface area contributed by atoms with Crippen LogP contribution in [-0.4, -0.2) is 18.9 Å². The highest BCUT2D eigenvalue weighted by atomic mass is 19.3. The van der Waals surface area contributed by atoms with Crippen molar-refractivity contribution < 1.29 is 13.6 Å². The number of amides is 1. The van der Waals surface area contributed by atoms with Crippen molar-refractivity contribution in [3.63, 3.8) is 0 Å². The van der Waals surface area contributed by atoms with Gasteiger partial charge in [0.15, 0.2) is 0 Å². The number of nitrogens with one attached hydrogen (secondary N) is 1. The number of alkyl halides is 2. The monoisotopic (exact) mass is 213 g/mol. The van der Waals surface area contributed by atoms with Gasteiger partial charge in [-0.2, -0.15) is 8.78 Å². The van der Waals surface area contributed by atoms with Crippen LogP contribution in [0.25, 0.3) is 0 Å². The maximum atomic E-state index is 11.9. The third-order valence-electron chi connectivity index (χ3n) is 2.15. The Kier molecular flexibility index (Phi) is 4.21. The second-order valence-electron chi connectivity index (χ2n) is 3.36. The third-order valence-corrected chi connectivity index (χ3v) is 2.15. The van der Waals surface area contributed by atoms with E-state index in [2.05, 4.69) is 5.32 Å². The Morgan fingerprint density at radius 2 is 1.93 bits per heavy atom. The molecule has 1 amide bonds. The molecule has 2 nitrogen and oxygen atoms in total. The smallest absolute Gasteiger partial charge is 0.315 e. The molecule has 0 aliphatic carbocycles. The Morgan fingerprint density at radius 3 is 2.47 bits per heavy atom. The molecule has 4 heteroatoms. The minimum absolute atomic E-state index is 0.0360. The standard InChI is InChI=1S/C11H13F2NO/c1-8(7-14-11(15)10(12)13)9-5-3-2-4-6-9/h2-6,8,10H,7H2,1H3,(H,14,15). The number of halogens is 2. The summed E-state index contributed by atoms with van der Waals surface area (Å²) in [5.41, 5.74) is 1.02. The summed E-state index contributed by atoms with van der Waals surface area (Å²) in [6.45, 7) is 2.11. The molecule has 1 aromatic rings. The lowest BCUT2D eigenvalue weighted by Crippen LogP contribution is -2.32. The molecule has 1 aromatic carbocycles. The van der Waals surface area contributed by atoms with Gasteiger partial charge in [0.05, 0.1) is 0 Å². The normalized spacial score (nSPS) is 12.5. The molecular formula is C11H13F2NO. The predicted molar refractivity (Wildman–Crippen MR) is 53.9 cm³/mol. The lowest BCUT2D eigenvalue weighted by Gasteiger charge is -2.12. The molecule has 0 saturated heterocycles. The molecule has 0 spiro atoms. The van der Waals surface area contributed by atoms with Gasteiger partial charge in [0.25, 0.3) is 5.91 Å². The third kappa shape index (κ3) is 3.65. The highest BCUT2D eigenvalue weighted by molar-refractivity contribution is 5.79. The Balaban J connectivity index is 2.44. The Morgan fingerprint density at radius 1 is 1.33 bits per heavy atom. The molecule has 0 fully saturated rings. The van der Waals surface area contributed by atoms with E-state index in [9.17, 15) is 13.6 Å². The van der Waals surface area contributed by atoms with Gasteiger partial charge in [-0.15, -0.1) is 0 Å². The summed E-state index contributed by atoms with van der Waals surface area (Å²) in [6.07, 6.45) is -2.94. The average Bonchev–Trinajstić information content (AvgIpc) is 2.26. The van der Waals surface area contributed by atoms with Gasteiger partial charge >= 0.3 is 6.43 Å². The van der Waals surface area contributed by atoms with E-state index in [4.69, 9.17) is 0 Å². The van der Waals surface area contributed by atoms with Crippen LogP contribution in [0.2, 0.25) is 0 Å². The van der Waals surface area contributed by atoms with Crippen LogP contribution in [0.1, 0.15) is 18.4 Å². The van der Waals surface area contributed by atoms with E-state index in [-0.39, 0.29) is 12.5 Å². The molecule has 0 aliphatic heterocycles. The van der Waals surface area contributed by atoms with Gasteiger partial charge in [0, 0.05) is 6.54 Å². The quantitative estimate of drug-likeness (QED) is 0.816. The van der Waals surface area contributed by atoms with Crippen LogP contribution in [-0.2, 0) is 4.79 Å². The van der Waals surface area contributed by atoms with Gasteiger partial charge in [-0.25, -0.2) is 0 Å². The van der Waals surface area contributed by atoms with Gasteiger partial charge < -0.3 is 5.32 Å². The number of carbonyl (C=O) groups excluding carboxylic acids is 1. The molecule has 0 bridgehead atoms. The molecule has 1 unspecified atom stereocenters. The zero-order chi connectivity index (χ0) is 11.3. The van der Waals surface area contributed by atoms with Crippen molar-refractivity contribution in [2.24, 2.45) is 0 Å². The van der Waals surface area contributed by atoms with E-state index in [1.165, 1.54) is 0 Å². The fourth-order valence-corrected chi connectivity index (χ4v) is 1.23. The second kappa shape index (κ2) is 5.44. The van der Waals surface area contributed by atoms with Crippen LogP contribution in [0.5, 0.6) is 0 Å². The minimum Gasteiger partial charge on any atom is -0.351 e. The summed E-state index contributed by atoms with van der Waals surface area (Å²) < 4.78 is 23.7. The van der Waals surface area contributed by atoms with Gasteiger partial charge in [-0.1, -0.05) is 37.3 Å². The Hall–Kier alpha value is -1.45. The van der Waals surface area contributed by atoms with E-state index in [1.807, 2.05) is 37.3 Å². The highest BCUT2D eigenvalue weighted by Crippen LogP contribution is 2.13. The summed E-state index contributed by atoms with van der Waals surface area (Å²) in [6, 6.07) is 9.44. The number of rotatable bonds is 4. The zero-order valence-corrected chi connectivity index (χ0v) is 8.41. The number of hydrogen-bond donors (Lipinski definition) is 1. The van der Waals surface area contributed by atoms with Crippen molar-refractivity contribution in [2.75, 3.05) is 6.54 Å². The molecule has 1 N–H and O–H groups in total. The molecular weight excluding hydrogens is 200 g/mol. The first-order valence-electron chi connectivity index (χ1n) is 4.72. The lowest BCUT2D eigenvalue weighted by atomic mass is 10.0. The van der Waals surface area contributed by atoms with Crippen LogP contribution < -0.4 is 5.32 Å². The second-order valence-corrected chi connectivity index (χ2v) is 3.36. The molecule has 0 aromatic heterocycles. The highest BCUT2D eigenvalue weighted by Gasteiger charge is 2.15. The maximum Gasteiger partial charge on any atom is 0.315 e. The maximum absolute atomic E-state index is 11.9. The number of carbonyl (C=O) groups is 1. The van der Waals surface area contributed by atoms with Crippen LogP contribution in [0.3, 0.4) is 0 Å². The van der Waals surface area contributed by atoms with Crippen LogP contribution in [0.15, 0.2) is 30.3 Å². The minimum atomic E-state index is -2.94. The van der Waals surface area contributed by atoms with E-state index in [0.29, 0.717) is 0 Å². The van der Waals surface area contributed by atoms with Crippen molar-refractivity contribution >= 4 is 5.91 Å². The molecule has 15 heavy (non-hydrogen) atoms. The zero-order valence-electron chi connectivity index (χ0n) is 8.41. The SMILES string of the molecule is CC(CNC(=O)C(F)F)c1ccccc1. The summed E-state index contributed by atoms with van der Waals surface area (Å²) in [4.78, 5) is 10.6.